The first-order chi connectivity index (χ1) is 10.5. The SMILES string of the molecule is CC(Oc1cccc(C#N)c1)C(=O)N(C)CC1CCCC1O. The summed E-state index contributed by atoms with van der Waals surface area (Å²) >= 11 is 0. The first-order valence-corrected chi connectivity index (χ1v) is 7.61. The summed E-state index contributed by atoms with van der Waals surface area (Å²) in [6.07, 6.45) is 1.86. The quantitative estimate of drug-likeness (QED) is 0.902. The fourth-order valence-corrected chi connectivity index (χ4v) is 2.88. The van der Waals surface area contributed by atoms with E-state index in [-0.39, 0.29) is 17.9 Å². The van der Waals surface area contributed by atoms with Gasteiger partial charge in [0.25, 0.3) is 5.91 Å². The molecule has 1 saturated carbocycles. The molecule has 1 aliphatic rings. The van der Waals surface area contributed by atoms with Crippen LogP contribution in [0.25, 0.3) is 0 Å². The van der Waals surface area contributed by atoms with Gasteiger partial charge in [-0.15, -0.1) is 0 Å². The zero-order valence-corrected chi connectivity index (χ0v) is 13.0. The molecule has 3 atom stereocenters. The van der Waals surface area contributed by atoms with Gasteiger partial charge in [0.2, 0.25) is 0 Å². The predicted molar refractivity (Wildman–Crippen MR) is 82.2 cm³/mol. The number of amides is 1. The summed E-state index contributed by atoms with van der Waals surface area (Å²) in [6, 6.07) is 8.80. The number of carbonyl (C=O) groups is 1. The molecule has 1 aliphatic carbocycles. The maximum Gasteiger partial charge on any atom is 0.263 e. The van der Waals surface area contributed by atoms with E-state index in [0.29, 0.717) is 17.9 Å². The number of rotatable bonds is 5. The molecule has 1 N–H and O–H groups in total. The number of hydrogen-bond acceptors (Lipinski definition) is 4. The number of nitrogens with zero attached hydrogens (tertiary/aromatic N) is 2. The summed E-state index contributed by atoms with van der Waals surface area (Å²) in [7, 11) is 1.74. The van der Waals surface area contributed by atoms with Crippen molar-refractivity contribution in [2.24, 2.45) is 5.92 Å². The van der Waals surface area contributed by atoms with E-state index in [1.807, 2.05) is 6.07 Å². The summed E-state index contributed by atoms with van der Waals surface area (Å²) in [4.78, 5) is 14.0. The van der Waals surface area contributed by atoms with Crippen LogP contribution in [0.2, 0.25) is 0 Å². The Morgan fingerprint density at radius 1 is 1.55 bits per heavy atom. The van der Waals surface area contributed by atoms with Gasteiger partial charge in [-0.1, -0.05) is 12.5 Å². The van der Waals surface area contributed by atoms with Crippen LogP contribution in [0.3, 0.4) is 0 Å². The zero-order chi connectivity index (χ0) is 16.1. The Morgan fingerprint density at radius 3 is 2.95 bits per heavy atom. The molecule has 0 heterocycles. The molecule has 1 fully saturated rings. The van der Waals surface area contributed by atoms with Crippen LogP contribution in [0.1, 0.15) is 31.7 Å². The number of benzene rings is 1. The van der Waals surface area contributed by atoms with E-state index in [1.54, 1.807) is 43.1 Å². The lowest BCUT2D eigenvalue weighted by atomic mass is 10.1. The third kappa shape index (κ3) is 3.99. The van der Waals surface area contributed by atoms with E-state index < -0.39 is 6.10 Å². The molecule has 0 radical (unpaired) electrons. The van der Waals surface area contributed by atoms with Gasteiger partial charge in [0, 0.05) is 19.5 Å². The number of ether oxygens (including phenoxy) is 1. The molecule has 2 rings (SSSR count). The number of hydrogen-bond donors (Lipinski definition) is 1. The van der Waals surface area contributed by atoms with Crippen LogP contribution in [0.4, 0.5) is 0 Å². The van der Waals surface area contributed by atoms with E-state index in [4.69, 9.17) is 10.00 Å². The molecule has 0 aliphatic heterocycles. The van der Waals surface area contributed by atoms with Crippen molar-refractivity contribution < 1.29 is 14.6 Å². The molecule has 0 bridgehead atoms. The van der Waals surface area contributed by atoms with Crippen LogP contribution >= 0.6 is 0 Å². The fourth-order valence-electron chi connectivity index (χ4n) is 2.88. The van der Waals surface area contributed by atoms with Gasteiger partial charge < -0.3 is 14.7 Å². The van der Waals surface area contributed by atoms with E-state index >= 15 is 0 Å². The molecular weight excluding hydrogens is 280 g/mol. The Labute approximate surface area is 131 Å². The first-order valence-electron chi connectivity index (χ1n) is 7.61. The summed E-state index contributed by atoms with van der Waals surface area (Å²) in [5, 5.41) is 18.7. The third-order valence-electron chi connectivity index (χ3n) is 4.13. The van der Waals surface area contributed by atoms with Gasteiger partial charge in [0.05, 0.1) is 17.7 Å². The fraction of sp³-hybridized carbons (Fsp3) is 0.529. The monoisotopic (exact) mass is 302 g/mol. The lowest BCUT2D eigenvalue weighted by Gasteiger charge is -2.26. The minimum atomic E-state index is -0.627. The van der Waals surface area contributed by atoms with Gasteiger partial charge >= 0.3 is 0 Å². The topological polar surface area (TPSA) is 73.6 Å². The second kappa shape index (κ2) is 7.28. The number of aliphatic hydroxyl groups excluding tert-OH is 1. The van der Waals surface area contributed by atoms with Crippen molar-refractivity contribution in [1.82, 2.24) is 4.90 Å². The van der Waals surface area contributed by atoms with Crippen LogP contribution < -0.4 is 4.74 Å². The summed E-state index contributed by atoms with van der Waals surface area (Å²) in [5.41, 5.74) is 0.500. The molecule has 1 aromatic carbocycles. The Hall–Kier alpha value is -2.06. The highest BCUT2D eigenvalue weighted by atomic mass is 16.5. The van der Waals surface area contributed by atoms with Crippen LogP contribution in [0.15, 0.2) is 24.3 Å². The van der Waals surface area contributed by atoms with Gasteiger partial charge in [0.15, 0.2) is 6.10 Å². The predicted octanol–water partition coefficient (Wildman–Crippen LogP) is 1.94. The first kappa shape index (κ1) is 16.3. The van der Waals surface area contributed by atoms with Gasteiger partial charge in [0.1, 0.15) is 5.75 Å². The van der Waals surface area contributed by atoms with Crippen molar-refractivity contribution in [2.45, 2.75) is 38.4 Å². The van der Waals surface area contributed by atoms with Crippen molar-refractivity contribution in [3.63, 3.8) is 0 Å². The molecule has 0 aromatic heterocycles. The smallest absolute Gasteiger partial charge is 0.263 e. The standard InChI is InChI=1S/C17H22N2O3/c1-12(22-15-7-3-5-13(9-15)10-18)17(21)19(2)11-14-6-4-8-16(14)20/h3,5,7,9,12,14,16,20H,4,6,8,11H2,1-2H3. The number of carbonyl (C=O) groups excluding carboxylic acids is 1. The highest BCUT2D eigenvalue weighted by Gasteiger charge is 2.29. The maximum absolute atomic E-state index is 12.4. The summed E-state index contributed by atoms with van der Waals surface area (Å²) in [5.74, 6) is 0.540. The summed E-state index contributed by atoms with van der Waals surface area (Å²) in [6.45, 7) is 2.24. The zero-order valence-electron chi connectivity index (χ0n) is 13.0. The van der Waals surface area contributed by atoms with Gasteiger partial charge in [-0.2, -0.15) is 5.26 Å². The van der Waals surface area contributed by atoms with Crippen molar-refractivity contribution in [1.29, 1.82) is 5.26 Å². The molecule has 3 unspecified atom stereocenters. The highest BCUT2D eigenvalue weighted by Crippen LogP contribution is 2.26. The minimum absolute atomic E-state index is 0.124. The van der Waals surface area contributed by atoms with Crippen LogP contribution in [-0.4, -0.2) is 41.7 Å². The van der Waals surface area contributed by atoms with Crippen LogP contribution in [-0.2, 0) is 4.79 Å². The van der Waals surface area contributed by atoms with Gasteiger partial charge in [-0.05, 0) is 38.0 Å². The molecule has 1 aromatic rings. The largest absolute Gasteiger partial charge is 0.481 e. The average Bonchev–Trinajstić information content (AvgIpc) is 2.91. The van der Waals surface area contributed by atoms with E-state index in [1.165, 1.54) is 0 Å². The Bertz CT molecular complexity index is 567. The van der Waals surface area contributed by atoms with Crippen molar-refractivity contribution in [3.8, 4) is 11.8 Å². The normalized spacial score (nSPS) is 21.9. The molecule has 5 nitrogen and oxygen atoms in total. The van der Waals surface area contributed by atoms with Gasteiger partial charge in [-0.3, -0.25) is 4.79 Å². The second-order valence-electron chi connectivity index (χ2n) is 5.88. The molecular formula is C17H22N2O3. The number of nitriles is 1. The molecule has 22 heavy (non-hydrogen) atoms. The van der Waals surface area contributed by atoms with Crippen molar-refractivity contribution in [2.75, 3.05) is 13.6 Å². The Kier molecular flexibility index (Phi) is 5.40. The third-order valence-corrected chi connectivity index (χ3v) is 4.13. The lowest BCUT2D eigenvalue weighted by Crippen LogP contribution is -2.41. The second-order valence-corrected chi connectivity index (χ2v) is 5.88. The average molecular weight is 302 g/mol. The van der Waals surface area contributed by atoms with Crippen LogP contribution in [0, 0.1) is 17.2 Å². The minimum Gasteiger partial charge on any atom is -0.481 e. The number of likely N-dealkylation sites (N-methyl/N-ethyl adjacent to an activating group) is 1. The highest BCUT2D eigenvalue weighted by molar-refractivity contribution is 5.80. The Balaban J connectivity index is 1.92. The van der Waals surface area contributed by atoms with Crippen molar-refractivity contribution >= 4 is 5.91 Å². The Morgan fingerprint density at radius 2 is 2.32 bits per heavy atom. The molecule has 5 heteroatoms. The molecule has 1 amide bonds. The van der Waals surface area contributed by atoms with Gasteiger partial charge in [-0.25, -0.2) is 0 Å². The lowest BCUT2D eigenvalue weighted by molar-refractivity contribution is -0.137. The van der Waals surface area contributed by atoms with Crippen molar-refractivity contribution in [3.05, 3.63) is 29.8 Å². The van der Waals surface area contributed by atoms with E-state index in [9.17, 15) is 9.90 Å². The maximum atomic E-state index is 12.4. The van der Waals surface area contributed by atoms with E-state index in [2.05, 4.69) is 0 Å². The number of aliphatic hydroxyl groups is 1. The van der Waals surface area contributed by atoms with E-state index in [0.717, 1.165) is 19.3 Å². The molecule has 0 saturated heterocycles. The molecule has 118 valence electrons. The molecule has 0 spiro atoms. The van der Waals surface area contributed by atoms with Crippen LogP contribution in [0.5, 0.6) is 5.75 Å². The summed E-state index contributed by atoms with van der Waals surface area (Å²) < 4.78 is 5.63.